The van der Waals surface area contributed by atoms with Crippen LogP contribution in [0.4, 0.5) is 0 Å². The Balaban J connectivity index is 2.60. The van der Waals surface area contributed by atoms with Crippen LogP contribution in [-0.4, -0.2) is 33.1 Å². The lowest BCUT2D eigenvalue weighted by Crippen LogP contribution is -2.35. The zero-order valence-corrected chi connectivity index (χ0v) is 28.5. The van der Waals surface area contributed by atoms with Gasteiger partial charge in [0.2, 0.25) is 0 Å². The number of aliphatic hydroxyl groups excluding tert-OH is 2. The maximum absolute atomic E-state index is 10.1. The lowest BCUT2D eigenvalue weighted by atomic mass is 9.71. The Hall–Kier alpha value is -2.98. The number of hydrogen-bond acceptors (Lipinski definition) is 3. The van der Waals surface area contributed by atoms with Crippen molar-refractivity contribution in [2.75, 3.05) is 0 Å². The number of rotatable bonds is 14. The minimum atomic E-state index is -1.07. The van der Waals surface area contributed by atoms with Gasteiger partial charge in [-0.15, -0.1) is 0 Å². The third kappa shape index (κ3) is 16.4. The molecule has 0 spiro atoms. The summed E-state index contributed by atoms with van der Waals surface area (Å²) in [4.78, 5) is 0. The molecule has 236 valence electrons. The molecule has 0 fully saturated rings. The summed E-state index contributed by atoms with van der Waals surface area (Å²) in [7, 11) is 0. The van der Waals surface area contributed by atoms with E-state index in [1.807, 2.05) is 13.0 Å². The molecule has 3 N–H and O–H groups in total. The molecule has 0 aliphatic heterocycles. The first-order valence-corrected chi connectivity index (χ1v) is 15.5. The molecule has 3 heteroatoms. The second kappa shape index (κ2) is 18.6. The smallest absolute Gasteiger partial charge is 0.0849 e. The molecule has 1 aliphatic carbocycles. The van der Waals surface area contributed by atoms with Gasteiger partial charge in [-0.25, -0.2) is 0 Å². The van der Waals surface area contributed by atoms with Crippen molar-refractivity contribution in [1.82, 2.24) is 0 Å². The van der Waals surface area contributed by atoms with E-state index in [0.29, 0.717) is 6.42 Å². The zero-order chi connectivity index (χ0) is 32.6. The van der Waals surface area contributed by atoms with E-state index < -0.39 is 11.7 Å². The maximum Gasteiger partial charge on any atom is 0.0849 e. The predicted octanol–water partition coefficient (Wildman–Crippen LogP) is 9.91. The van der Waals surface area contributed by atoms with Crippen LogP contribution in [0.1, 0.15) is 94.9 Å². The molecule has 1 aliphatic rings. The van der Waals surface area contributed by atoms with Gasteiger partial charge in [-0.05, 0) is 92.1 Å². The SMILES string of the molecule is CC1=C(/C=C/C(C)=C/C=C/C(C)=C/C=C/C=C(C)/C=C/C=C(C)/C=C/C=C(\C)CC[C@H](O)C(C)(C)O)C(C)(C)C[C@H](O)C1. The third-order valence-electron chi connectivity index (χ3n) is 7.62. The van der Waals surface area contributed by atoms with E-state index in [1.165, 1.54) is 33.4 Å². The van der Waals surface area contributed by atoms with Crippen molar-refractivity contribution in [2.24, 2.45) is 5.41 Å². The largest absolute Gasteiger partial charge is 0.393 e. The first kappa shape index (κ1) is 38.0. The molecule has 0 aromatic carbocycles. The Labute approximate surface area is 263 Å². The third-order valence-corrected chi connectivity index (χ3v) is 7.62. The molecule has 0 aromatic heterocycles. The Morgan fingerprint density at radius 2 is 1.23 bits per heavy atom. The van der Waals surface area contributed by atoms with E-state index in [1.54, 1.807) is 13.8 Å². The van der Waals surface area contributed by atoms with E-state index in [-0.39, 0.29) is 11.5 Å². The van der Waals surface area contributed by atoms with Gasteiger partial charge < -0.3 is 15.3 Å². The Kier molecular flexibility index (Phi) is 16.5. The maximum atomic E-state index is 10.1. The molecule has 0 saturated heterocycles. The normalized spacial score (nSPS) is 21.1. The fraction of sp³-hybridized carbons (Fsp3) is 0.450. The van der Waals surface area contributed by atoms with Gasteiger partial charge in [-0.1, -0.05) is 138 Å². The average molecular weight is 587 g/mol. The summed E-state index contributed by atoms with van der Waals surface area (Å²) in [6.07, 6.45) is 33.3. The molecule has 0 saturated carbocycles. The fourth-order valence-corrected chi connectivity index (χ4v) is 4.90. The highest BCUT2D eigenvalue weighted by molar-refractivity contribution is 5.38. The molecular weight excluding hydrogens is 528 g/mol. The summed E-state index contributed by atoms with van der Waals surface area (Å²) in [5.41, 5.74) is 7.41. The van der Waals surface area contributed by atoms with Gasteiger partial charge in [0.05, 0.1) is 17.8 Å². The van der Waals surface area contributed by atoms with Gasteiger partial charge in [0, 0.05) is 0 Å². The monoisotopic (exact) mass is 586 g/mol. The Morgan fingerprint density at radius 3 is 1.70 bits per heavy atom. The van der Waals surface area contributed by atoms with E-state index in [0.717, 1.165) is 24.8 Å². The first-order chi connectivity index (χ1) is 20.0. The lowest BCUT2D eigenvalue weighted by Gasteiger charge is -2.35. The second-order valence-corrected chi connectivity index (χ2v) is 13.3. The molecular formula is C40H58O3. The summed E-state index contributed by atoms with van der Waals surface area (Å²) in [5, 5.41) is 29.9. The van der Waals surface area contributed by atoms with E-state index in [9.17, 15) is 15.3 Å². The van der Waals surface area contributed by atoms with Crippen molar-refractivity contribution < 1.29 is 15.3 Å². The molecule has 3 nitrogen and oxygen atoms in total. The molecule has 0 bridgehead atoms. The van der Waals surface area contributed by atoms with Gasteiger partial charge in [-0.3, -0.25) is 0 Å². The van der Waals surface area contributed by atoms with Crippen LogP contribution in [0, 0.1) is 5.41 Å². The van der Waals surface area contributed by atoms with Crippen LogP contribution in [0.2, 0.25) is 0 Å². The molecule has 0 radical (unpaired) electrons. The van der Waals surface area contributed by atoms with E-state index in [2.05, 4.69) is 134 Å². The number of allylic oxidation sites excluding steroid dienone is 21. The summed E-state index contributed by atoms with van der Waals surface area (Å²) < 4.78 is 0. The molecule has 0 unspecified atom stereocenters. The predicted molar refractivity (Wildman–Crippen MR) is 188 cm³/mol. The molecule has 0 amide bonds. The standard InChI is InChI=1S/C40H58O3/c1-30(18-13-20-32(3)21-15-23-34(5)25-27-38(42)40(9,10)43)16-11-12-17-31(2)19-14-22-33(4)24-26-37-35(6)28-36(41)29-39(37,7)8/h11-24,26,36,38,41-43H,25,27-29H2,1-10H3/b12-11+,18-13+,19-14+,21-15+,26-24+,30-16+,31-17+,32-20+,33-22+,34-23+/t36-,38+/m1/s1. The first-order valence-electron chi connectivity index (χ1n) is 15.5. The second-order valence-electron chi connectivity index (χ2n) is 13.3. The minimum Gasteiger partial charge on any atom is -0.393 e. The van der Waals surface area contributed by atoms with Gasteiger partial charge in [-0.2, -0.15) is 0 Å². The molecule has 1 rings (SSSR count). The van der Waals surface area contributed by atoms with Crippen molar-refractivity contribution >= 4 is 0 Å². The van der Waals surface area contributed by atoms with Crippen LogP contribution in [0.15, 0.2) is 130 Å². The van der Waals surface area contributed by atoms with Crippen molar-refractivity contribution in [3.05, 3.63) is 130 Å². The highest BCUT2D eigenvalue weighted by atomic mass is 16.3. The highest BCUT2D eigenvalue weighted by Gasteiger charge is 2.31. The van der Waals surface area contributed by atoms with E-state index >= 15 is 0 Å². The molecule has 43 heavy (non-hydrogen) atoms. The van der Waals surface area contributed by atoms with Gasteiger partial charge in [0.1, 0.15) is 0 Å². The molecule has 2 atom stereocenters. The quantitative estimate of drug-likeness (QED) is 0.178. The van der Waals surface area contributed by atoms with Crippen LogP contribution in [0.3, 0.4) is 0 Å². The summed E-state index contributed by atoms with van der Waals surface area (Å²) in [6.45, 7) is 20.2. The Bertz CT molecular complexity index is 1240. The summed E-state index contributed by atoms with van der Waals surface area (Å²) >= 11 is 0. The topological polar surface area (TPSA) is 60.7 Å². The zero-order valence-electron chi connectivity index (χ0n) is 28.5. The molecule has 0 aromatic rings. The number of hydrogen-bond donors (Lipinski definition) is 3. The van der Waals surface area contributed by atoms with Crippen molar-refractivity contribution in [3.8, 4) is 0 Å². The van der Waals surface area contributed by atoms with Gasteiger partial charge in [0.15, 0.2) is 0 Å². The van der Waals surface area contributed by atoms with Crippen LogP contribution in [0.25, 0.3) is 0 Å². The number of aliphatic hydroxyl groups is 3. The average Bonchev–Trinajstić information content (AvgIpc) is 2.88. The Morgan fingerprint density at radius 1 is 0.791 bits per heavy atom. The van der Waals surface area contributed by atoms with Crippen molar-refractivity contribution in [3.63, 3.8) is 0 Å². The van der Waals surface area contributed by atoms with Crippen LogP contribution >= 0.6 is 0 Å². The fourth-order valence-electron chi connectivity index (χ4n) is 4.90. The lowest BCUT2D eigenvalue weighted by molar-refractivity contribution is -0.0509. The van der Waals surface area contributed by atoms with Crippen molar-refractivity contribution in [2.45, 2.75) is 113 Å². The van der Waals surface area contributed by atoms with Crippen LogP contribution in [-0.2, 0) is 0 Å². The van der Waals surface area contributed by atoms with Gasteiger partial charge in [0.25, 0.3) is 0 Å². The summed E-state index contributed by atoms with van der Waals surface area (Å²) in [6, 6.07) is 0. The van der Waals surface area contributed by atoms with Crippen molar-refractivity contribution in [1.29, 1.82) is 0 Å². The highest BCUT2D eigenvalue weighted by Crippen LogP contribution is 2.41. The van der Waals surface area contributed by atoms with E-state index in [4.69, 9.17) is 0 Å². The molecule has 0 heterocycles. The summed E-state index contributed by atoms with van der Waals surface area (Å²) in [5.74, 6) is 0. The minimum absolute atomic E-state index is 0.000405. The van der Waals surface area contributed by atoms with Crippen LogP contribution < -0.4 is 0 Å². The van der Waals surface area contributed by atoms with Gasteiger partial charge >= 0.3 is 0 Å². The van der Waals surface area contributed by atoms with Crippen LogP contribution in [0.5, 0.6) is 0 Å².